The molecule has 2 aliphatic rings. The van der Waals surface area contributed by atoms with Crippen LogP contribution in [0.25, 0.3) is 0 Å². The second-order valence-electron chi connectivity index (χ2n) is 5.21. The topological polar surface area (TPSA) is 52.6 Å². The van der Waals surface area contributed by atoms with Crippen molar-refractivity contribution in [2.45, 2.75) is 56.4 Å². The molecule has 2 amide bonds. The highest BCUT2D eigenvalue weighted by atomic mass is 32.2. The van der Waals surface area contributed by atoms with Gasteiger partial charge in [0.05, 0.1) is 12.6 Å². The van der Waals surface area contributed by atoms with E-state index in [2.05, 4.69) is 12.2 Å². The summed E-state index contributed by atoms with van der Waals surface area (Å²) >= 11 is 2.00. The summed E-state index contributed by atoms with van der Waals surface area (Å²) in [5.74, 6) is 1.16. The first-order chi connectivity index (χ1) is 8.74. The van der Waals surface area contributed by atoms with Gasteiger partial charge in [-0.05, 0) is 37.9 Å². The van der Waals surface area contributed by atoms with E-state index in [0.29, 0.717) is 11.3 Å². The molecule has 1 saturated carbocycles. The van der Waals surface area contributed by atoms with Gasteiger partial charge in [-0.15, -0.1) is 0 Å². The van der Waals surface area contributed by atoms with Gasteiger partial charge in [0.25, 0.3) is 0 Å². The lowest BCUT2D eigenvalue weighted by molar-refractivity contribution is 0.154. The van der Waals surface area contributed by atoms with Gasteiger partial charge in [-0.25, -0.2) is 4.79 Å². The SMILES string of the molecule is CCS[C@@H]1CC[C@@H](NC(=O)N2CCC[C@@H]2CO)C1. The maximum atomic E-state index is 12.1. The number of thioether (sulfide) groups is 1. The number of hydrogen-bond donors (Lipinski definition) is 2. The average Bonchev–Trinajstić information content (AvgIpc) is 2.98. The number of urea groups is 1. The number of aliphatic hydroxyl groups excluding tert-OH is 1. The Kier molecular flexibility index (Phi) is 5.18. The Morgan fingerprint density at radius 3 is 3.00 bits per heavy atom. The first-order valence-electron chi connectivity index (χ1n) is 7.04. The van der Waals surface area contributed by atoms with Crippen molar-refractivity contribution in [2.75, 3.05) is 18.9 Å². The molecule has 0 aromatic heterocycles. The molecule has 104 valence electrons. The van der Waals surface area contributed by atoms with Gasteiger partial charge in [-0.3, -0.25) is 0 Å². The van der Waals surface area contributed by atoms with Gasteiger partial charge in [0.15, 0.2) is 0 Å². The summed E-state index contributed by atoms with van der Waals surface area (Å²) in [4.78, 5) is 13.9. The molecular weight excluding hydrogens is 248 g/mol. The average molecular weight is 272 g/mol. The predicted octanol–water partition coefficient (Wildman–Crippen LogP) is 1.83. The minimum absolute atomic E-state index is 0.0266. The van der Waals surface area contributed by atoms with Crippen molar-refractivity contribution in [2.24, 2.45) is 0 Å². The number of nitrogens with one attached hydrogen (secondary N) is 1. The van der Waals surface area contributed by atoms with Crippen molar-refractivity contribution in [1.29, 1.82) is 0 Å². The monoisotopic (exact) mass is 272 g/mol. The highest BCUT2D eigenvalue weighted by Crippen LogP contribution is 2.30. The zero-order valence-corrected chi connectivity index (χ0v) is 11.9. The highest BCUT2D eigenvalue weighted by Gasteiger charge is 2.31. The summed E-state index contributed by atoms with van der Waals surface area (Å²) in [7, 11) is 0. The van der Waals surface area contributed by atoms with Crippen molar-refractivity contribution < 1.29 is 9.90 Å². The Bertz CT molecular complexity index is 288. The lowest BCUT2D eigenvalue weighted by Gasteiger charge is -2.25. The van der Waals surface area contributed by atoms with Crippen LogP contribution in [0.15, 0.2) is 0 Å². The second kappa shape index (κ2) is 6.66. The molecule has 18 heavy (non-hydrogen) atoms. The number of rotatable bonds is 4. The van der Waals surface area contributed by atoms with E-state index in [1.165, 1.54) is 6.42 Å². The Morgan fingerprint density at radius 1 is 1.44 bits per heavy atom. The number of carbonyl (C=O) groups excluding carboxylic acids is 1. The molecule has 0 aromatic carbocycles. The maximum Gasteiger partial charge on any atom is 0.317 e. The van der Waals surface area contributed by atoms with Crippen LogP contribution in [0.5, 0.6) is 0 Å². The lowest BCUT2D eigenvalue weighted by Crippen LogP contribution is -2.47. The van der Waals surface area contributed by atoms with E-state index in [1.807, 2.05) is 11.8 Å². The number of carbonyl (C=O) groups is 1. The Hall–Kier alpha value is -0.420. The van der Waals surface area contributed by atoms with E-state index in [9.17, 15) is 9.90 Å². The molecule has 2 N–H and O–H groups in total. The van der Waals surface area contributed by atoms with E-state index in [-0.39, 0.29) is 18.7 Å². The van der Waals surface area contributed by atoms with E-state index < -0.39 is 0 Å². The summed E-state index contributed by atoms with van der Waals surface area (Å²) in [5.41, 5.74) is 0. The molecule has 2 rings (SSSR count). The molecule has 1 heterocycles. The third kappa shape index (κ3) is 3.32. The van der Waals surface area contributed by atoms with Crippen LogP contribution in [-0.4, -0.2) is 52.3 Å². The standard InChI is InChI=1S/C13H24N2O2S/c1-2-18-12-6-5-10(8-12)14-13(17)15-7-3-4-11(15)9-16/h10-12,16H,2-9H2,1H3,(H,14,17)/t10-,11-,12-/m1/s1. The van der Waals surface area contributed by atoms with Crippen molar-refractivity contribution in [3.05, 3.63) is 0 Å². The molecule has 1 aliphatic carbocycles. The van der Waals surface area contributed by atoms with Gasteiger partial charge in [-0.1, -0.05) is 6.92 Å². The largest absolute Gasteiger partial charge is 0.394 e. The number of aliphatic hydroxyl groups is 1. The minimum Gasteiger partial charge on any atom is -0.394 e. The van der Waals surface area contributed by atoms with Gasteiger partial charge < -0.3 is 15.3 Å². The van der Waals surface area contributed by atoms with Gasteiger partial charge in [-0.2, -0.15) is 11.8 Å². The summed E-state index contributed by atoms with van der Waals surface area (Å²) in [5, 5.41) is 13.1. The van der Waals surface area contributed by atoms with Gasteiger partial charge in [0.1, 0.15) is 0 Å². The van der Waals surface area contributed by atoms with Crippen LogP contribution in [0.1, 0.15) is 39.0 Å². The molecule has 0 bridgehead atoms. The zero-order valence-electron chi connectivity index (χ0n) is 11.1. The summed E-state index contributed by atoms with van der Waals surface area (Å²) in [6.45, 7) is 3.07. The van der Waals surface area contributed by atoms with Crippen LogP contribution >= 0.6 is 11.8 Å². The number of nitrogens with zero attached hydrogens (tertiary/aromatic N) is 1. The zero-order chi connectivity index (χ0) is 13.0. The van der Waals surface area contributed by atoms with Gasteiger partial charge >= 0.3 is 6.03 Å². The fraction of sp³-hybridized carbons (Fsp3) is 0.923. The molecule has 3 atom stereocenters. The van der Waals surface area contributed by atoms with Crippen LogP contribution in [0.4, 0.5) is 4.79 Å². The second-order valence-corrected chi connectivity index (χ2v) is 6.79. The summed E-state index contributed by atoms with van der Waals surface area (Å²) in [6.07, 6.45) is 5.36. The fourth-order valence-electron chi connectivity index (χ4n) is 3.01. The molecular formula is C13H24N2O2S. The van der Waals surface area contributed by atoms with Crippen LogP contribution in [0.3, 0.4) is 0 Å². The van der Waals surface area contributed by atoms with E-state index >= 15 is 0 Å². The van der Waals surface area contributed by atoms with Gasteiger partial charge in [0, 0.05) is 17.8 Å². The molecule has 0 spiro atoms. The molecule has 2 fully saturated rings. The quantitative estimate of drug-likeness (QED) is 0.821. The molecule has 1 saturated heterocycles. The van der Waals surface area contributed by atoms with Crippen LogP contribution in [-0.2, 0) is 0 Å². The van der Waals surface area contributed by atoms with E-state index in [4.69, 9.17) is 0 Å². The van der Waals surface area contributed by atoms with E-state index in [0.717, 1.165) is 38.0 Å². The van der Waals surface area contributed by atoms with Crippen molar-refractivity contribution in [1.82, 2.24) is 10.2 Å². The molecule has 0 aromatic rings. The molecule has 0 radical (unpaired) electrons. The van der Waals surface area contributed by atoms with Crippen molar-refractivity contribution in [3.63, 3.8) is 0 Å². The van der Waals surface area contributed by atoms with Crippen molar-refractivity contribution >= 4 is 17.8 Å². The fourth-order valence-corrected chi connectivity index (χ4v) is 4.15. The Balaban J connectivity index is 1.78. The maximum absolute atomic E-state index is 12.1. The number of likely N-dealkylation sites (tertiary alicyclic amines) is 1. The molecule has 4 nitrogen and oxygen atoms in total. The Labute approximate surface area is 113 Å². The van der Waals surface area contributed by atoms with E-state index in [1.54, 1.807) is 4.90 Å². The molecule has 5 heteroatoms. The Morgan fingerprint density at radius 2 is 2.28 bits per heavy atom. The molecule has 0 unspecified atom stereocenters. The first kappa shape index (κ1) is 14.0. The third-order valence-corrected chi connectivity index (χ3v) is 5.20. The van der Waals surface area contributed by atoms with Crippen LogP contribution < -0.4 is 5.32 Å². The van der Waals surface area contributed by atoms with Crippen molar-refractivity contribution in [3.8, 4) is 0 Å². The summed E-state index contributed by atoms with van der Waals surface area (Å²) in [6, 6.07) is 0.396. The number of hydrogen-bond acceptors (Lipinski definition) is 3. The van der Waals surface area contributed by atoms with Gasteiger partial charge in [0.2, 0.25) is 0 Å². The minimum atomic E-state index is 0.0266. The normalized spacial score (nSPS) is 31.9. The number of amides is 2. The molecule has 1 aliphatic heterocycles. The summed E-state index contributed by atoms with van der Waals surface area (Å²) < 4.78 is 0. The third-order valence-electron chi connectivity index (χ3n) is 3.96. The highest BCUT2D eigenvalue weighted by molar-refractivity contribution is 7.99. The van der Waals surface area contributed by atoms with Crippen LogP contribution in [0, 0.1) is 0 Å². The first-order valence-corrected chi connectivity index (χ1v) is 8.09. The smallest absolute Gasteiger partial charge is 0.317 e. The predicted molar refractivity (Wildman–Crippen MR) is 74.9 cm³/mol. The lowest BCUT2D eigenvalue weighted by atomic mass is 10.2. The van der Waals surface area contributed by atoms with Crippen LogP contribution in [0.2, 0.25) is 0 Å².